The number of carbonyl (C=O) groups is 1. The molecular formula is C23H28F3N3O2. The van der Waals surface area contributed by atoms with Crippen molar-refractivity contribution in [3.63, 3.8) is 0 Å². The number of rotatable bonds is 3. The molecule has 2 fully saturated rings. The highest BCUT2D eigenvalue weighted by Crippen LogP contribution is 2.32. The lowest BCUT2D eigenvalue weighted by molar-refractivity contribution is -0.137. The molecule has 2 aliphatic heterocycles. The molecule has 1 aromatic carbocycles. The molecular weight excluding hydrogens is 407 g/mol. The molecule has 168 valence electrons. The van der Waals surface area contributed by atoms with Gasteiger partial charge >= 0.3 is 6.18 Å². The molecule has 2 aliphatic rings. The first-order valence-electron chi connectivity index (χ1n) is 10.7. The normalized spacial score (nSPS) is 20.9. The van der Waals surface area contributed by atoms with Gasteiger partial charge in [0, 0.05) is 51.0 Å². The third-order valence-corrected chi connectivity index (χ3v) is 6.32. The second kappa shape index (κ2) is 8.57. The smallest absolute Gasteiger partial charge is 0.416 e. The molecule has 3 heterocycles. The fourth-order valence-electron chi connectivity index (χ4n) is 4.67. The van der Waals surface area contributed by atoms with Crippen LogP contribution in [0.15, 0.2) is 34.7 Å². The Kier molecular flexibility index (Phi) is 6.01. The molecule has 0 unspecified atom stereocenters. The third-order valence-electron chi connectivity index (χ3n) is 6.32. The van der Waals surface area contributed by atoms with Crippen LogP contribution in [0.25, 0.3) is 0 Å². The van der Waals surface area contributed by atoms with E-state index in [2.05, 4.69) is 4.90 Å². The number of hydrogen-bond donors (Lipinski definition) is 0. The zero-order valence-electron chi connectivity index (χ0n) is 17.9. The van der Waals surface area contributed by atoms with E-state index in [1.165, 1.54) is 12.1 Å². The van der Waals surface area contributed by atoms with Crippen LogP contribution < -0.4 is 4.90 Å². The molecule has 5 nitrogen and oxygen atoms in total. The number of furan rings is 1. The Morgan fingerprint density at radius 3 is 2.45 bits per heavy atom. The molecule has 2 aromatic rings. The van der Waals surface area contributed by atoms with E-state index in [-0.39, 0.29) is 11.9 Å². The molecule has 1 atom stereocenters. The molecule has 8 heteroatoms. The summed E-state index contributed by atoms with van der Waals surface area (Å²) < 4.78 is 44.6. The lowest BCUT2D eigenvalue weighted by atomic mass is 10.0. The quantitative estimate of drug-likeness (QED) is 0.719. The van der Waals surface area contributed by atoms with Crippen molar-refractivity contribution in [2.75, 3.05) is 44.2 Å². The Hall–Kier alpha value is -2.48. The summed E-state index contributed by atoms with van der Waals surface area (Å²) in [7, 11) is 0. The highest BCUT2D eigenvalue weighted by molar-refractivity contribution is 5.95. The third kappa shape index (κ3) is 4.74. The maximum absolute atomic E-state index is 13.0. The monoisotopic (exact) mass is 435 g/mol. The Labute approximate surface area is 180 Å². The number of alkyl halides is 3. The van der Waals surface area contributed by atoms with Crippen molar-refractivity contribution in [1.82, 2.24) is 9.80 Å². The van der Waals surface area contributed by atoms with Gasteiger partial charge in [-0.15, -0.1) is 0 Å². The van der Waals surface area contributed by atoms with Crippen molar-refractivity contribution in [2.24, 2.45) is 0 Å². The summed E-state index contributed by atoms with van der Waals surface area (Å²) in [6.45, 7) is 7.95. The van der Waals surface area contributed by atoms with Crippen LogP contribution >= 0.6 is 0 Å². The minimum Gasteiger partial charge on any atom is -0.466 e. The van der Waals surface area contributed by atoms with E-state index >= 15 is 0 Å². The Morgan fingerprint density at radius 2 is 1.81 bits per heavy atom. The van der Waals surface area contributed by atoms with E-state index in [0.29, 0.717) is 36.6 Å². The number of likely N-dealkylation sites (tertiary alicyclic amines) is 1. The summed E-state index contributed by atoms with van der Waals surface area (Å²) in [6, 6.07) is 7.61. The van der Waals surface area contributed by atoms with Crippen LogP contribution in [0.2, 0.25) is 0 Å². The molecule has 1 aromatic heterocycles. The number of piperazine rings is 1. The van der Waals surface area contributed by atoms with Crippen molar-refractivity contribution >= 4 is 11.6 Å². The van der Waals surface area contributed by atoms with Crippen LogP contribution in [0.4, 0.5) is 18.9 Å². The van der Waals surface area contributed by atoms with Gasteiger partial charge in [-0.25, -0.2) is 0 Å². The number of carbonyl (C=O) groups excluding carboxylic acids is 1. The molecule has 1 amide bonds. The van der Waals surface area contributed by atoms with Crippen molar-refractivity contribution < 1.29 is 22.4 Å². The number of aryl methyl sites for hydroxylation is 2. The Balaban J connectivity index is 1.37. The summed E-state index contributed by atoms with van der Waals surface area (Å²) >= 11 is 0. The molecule has 0 radical (unpaired) electrons. The minimum atomic E-state index is -4.33. The summed E-state index contributed by atoms with van der Waals surface area (Å²) in [5.41, 5.74) is 0.631. The van der Waals surface area contributed by atoms with Gasteiger partial charge in [-0.3, -0.25) is 9.69 Å². The highest BCUT2D eigenvalue weighted by atomic mass is 19.4. The molecule has 4 rings (SSSR count). The number of anilines is 1. The molecule has 0 N–H and O–H groups in total. The van der Waals surface area contributed by atoms with Crippen molar-refractivity contribution in [1.29, 1.82) is 0 Å². The van der Waals surface area contributed by atoms with Gasteiger partial charge in [0.15, 0.2) is 0 Å². The van der Waals surface area contributed by atoms with E-state index in [1.54, 1.807) is 12.1 Å². The largest absolute Gasteiger partial charge is 0.466 e. The van der Waals surface area contributed by atoms with Crippen LogP contribution in [-0.2, 0) is 6.18 Å². The average molecular weight is 435 g/mol. The second-order valence-electron chi connectivity index (χ2n) is 8.45. The van der Waals surface area contributed by atoms with E-state index in [1.807, 2.05) is 23.6 Å². The average Bonchev–Trinajstić information content (AvgIpc) is 3.11. The van der Waals surface area contributed by atoms with Crippen LogP contribution in [0.3, 0.4) is 0 Å². The second-order valence-corrected chi connectivity index (χ2v) is 8.45. The van der Waals surface area contributed by atoms with Gasteiger partial charge in [-0.2, -0.15) is 13.2 Å². The molecule has 0 spiro atoms. The number of amides is 1. The van der Waals surface area contributed by atoms with Crippen molar-refractivity contribution in [2.45, 2.75) is 38.9 Å². The zero-order valence-corrected chi connectivity index (χ0v) is 17.9. The molecule has 31 heavy (non-hydrogen) atoms. The lowest BCUT2D eigenvalue weighted by Crippen LogP contribution is -2.55. The Morgan fingerprint density at radius 1 is 1.06 bits per heavy atom. The van der Waals surface area contributed by atoms with Gasteiger partial charge in [0.2, 0.25) is 0 Å². The summed E-state index contributed by atoms with van der Waals surface area (Å²) in [5, 5.41) is 0. The minimum absolute atomic E-state index is 0.0154. The fourth-order valence-corrected chi connectivity index (χ4v) is 4.67. The Bertz CT molecular complexity index is 932. The van der Waals surface area contributed by atoms with E-state index in [9.17, 15) is 18.0 Å². The van der Waals surface area contributed by atoms with Crippen molar-refractivity contribution in [3.05, 3.63) is 53.0 Å². The number of nitrogens with zero attached hydrogens (tertiary/aromatic N) is 3. The number of piperidine rings is 1. The molecule has 0 aliphatic carbocycles. The van der Waals surface area contributed by atoms with Gasteiger partial charge in [0.25, 0.3) is 5.91 Å². The van der Waals surface area contributed by atoms with Crippen molar-refractivity contribution in [3.8, 4) is 0 Å². The lowest BCUT2D eigenvalue weighted by Gasteiger charge is -2.44. The number of halogens is 3. The van der Waals surface area contributed by atoms with Gasteiger partial charge < -0.3 is 14.2 Å². The summed E-state index contributed by atoms with van der Waals surface area (Å²) in [5.74, 6) is 1.40. The number of benzene rings is 1. The highest BCUT2D eigenvalue weighted by Gasteiger charge is 2.33. The van der Waals surface area contributed by atoms with Gasteiger partial charge in [-0.05, 0) is 51.0 Å². The first-order valence-corrected chi connectivity index (χ1v) is 10.7. The summed E-state index contributed by atoms with van der Waals surface area (Å²) in [6.07, 6.45) is -2.36. The molecule has 2 saturated heterocycles. The van der Waals surface area contributed by atoms with E-state index in [0.717, 1.165) is 44.3 Å². The maximum Gasteiger partial charge on any atom is 0.416 e. The first-order chi connectivity index (χ1) is 14.7. The fraction of sp³-hybridized carbons (Fsp3) is 0.522. The van der Waals surface area contributed by atoms with E-state index < -0.39 is 11.7 Å². The maximum atomic E-state index is 13.0. The SMILES string of the molecule is Cc1cc(C(=O)N2CCC[C@H](N3CCN(c4cccc(C(F)(F)F)c4)CC3)C2)c(C)o1. The topological polar surface area (TPSA) is 39.9 Å². The van der Waals surface area contributed by atoms with Crippen LogP contribution in [0, 0.1) is 13.8 Å². The van der Waals surface area contributed by atoms with Gasteiger partial charge in [0.1, 0.15) is 11.5 Å². The standard InChI is InChI=1S/C23H28F3N3O2/c1-16-13-21(17(2)31-16)22(30)29-8-4-7-20(15-29)28-11-9-27(10-12-28)19-6-3-5-18(14-19)23(24,25)26/h3,5-6,13-14,20H,4,7-12,15H2,1-2H3/t20-/m0/s1. The predicted octanol–water partition coefficient (Wildman–Crippen LogP) is 4.34. The summed E-state index contributed by atoms with van der Waals surface area (Å²) in [4.78, 5) is 19.2. The zero-order chi connectivity index (χ0) is 22.2. The molecule has 0 bridgehead atoms. The molecule has 0 saturated carbocycles. The predicted molar refractivity (Wildman–Crippen MR) is 112 cm³/mol. The first kappa shape index (κ1) is 21.7. The number of hydrogen-bond acceptors (Lipinski definition) is 4. The van der Waals surface area contributed by atoms with Crippen LogP contribution in [0.1, 0.15) is 40.3 Å². The van der Waals surface area contributed by atoms with Gasteiger partial charge in [0.05, 0.1) is 11.1 Å². The van der Waals surface area contributed by atoms with Gasteiger partial charge in [-0.1, -0.05) is 6.07 Å². The van der Waals surface area contributed by atoms with E-state index in [4.69, 9.17) is 4.42 Å². The van der Waals surface area contributed by atoms with Crippen LogP contribution in [0.5, 0.6) is 0 Å². The van der Waals surface area contributed by atoms with Crippen LogP contribution in [-0.4, -0.2) is 61.0 Å².